The number of hydrogen-bond acceptors (Lipinski definition) is 3. The Morgan fingerprint density at radius 1 is 1.25 bits per heavy atom. The first kappa shape index (κ1) is 12.7. The van der Waals surface area contributed by atoms with Crippen LogP contribution in [0, 0.1) is 0 Å². The van der Waals surface area contributed by atoms with Gasteiger partial charge in [-0.25, -0.2) is 4.79 Å². The third-order valence-corrected chi connectivity index (χ3v) is 3.86. The lowest BCUT2D eigenvalue weighted by Crippen LogP contribution is -2.32. The molecule has 0 bridgehead atoms. The van der Waals surface area contributed by atoms with Crippen LogP contribution in [0.1, 0.15) is 28.8 Å². The van der Waals surface area contributed by atoms with Gasteiger partial charge in [0.25, 0.3) is 5.91 Å². The topological polar surface area (TPSA) is 83.7 Å². The number of primary amides is 1. The quantitative estimate of drug-likeness (QED) is 0.823. The van der Waals surface area contributed by atoms with Crippen molar-refractivity contribution < 1.29 is 14.4 Å². The molecule has 1 atom stereocenters. The summed E-state index contributed by atoms with van der Waals surface area (Å²) in [7, 11) is 0. The minimum absolute atomic E-state index is 0.119. The Hall–Kier alpha value is -2.37. The molecule has 0 aromatic heterocycles. The van der Waals surface area contributed by atoms with E-state index in [0.717, 1.165) is 18.4 Å². The summed E-state index contributed by atoms with van der Waals surface area (Å²) >= 11 is 0. The fourth-order valence-electron chi connectivity index (χ4n) is 2.78. The molecule has 2 saturated heterocycles. The Kier molecular flexibility index (Phi) is 2.93. The molecule has 0 radical (unpaired) electrons. The predicted octanol–water partition coefficient (Wildman–Crippen LogP) is 0.712. The number of imide groups is 1. The molecule has 2 heterocycles. The fraction of sp³-hybridized carbons (Fsp3) is 0.357. The van der Waals surface area contributed by atoms with E-state index < -0.39 is 5.91 Å². The van der Waals surface area contributed by atoms with Crippen molar-refractivity contribution in [2.45, 2.75) is 25.4 Å². The minimum atomic E-state index is -0.495. The van der Waals surface area contributed by atoms with Gasteiger partial charge in [-0.05, 0) is 30.5 Å². The zero-order valence-corrected chi connectivity index (χ0v) is 10.9. The molecular weight excluding hydrogens is 258 g/mol. The number of urea groups is 1. The summed E-state index contributed by atoms with van der Waals surface area (Å²) in [6.45, 7) is 0.899. The molecule has 6 heteroatoms. The summed E-state index contributed by atoms with van der Waals surface area (Å²) < 4.78 is 0. The molecule has 2 N–H and O–H groups in total. The second-order valence-electron chi connectivity index (χ2n) is 5.12. The molecule has 1 unspecified atom stereocenters. The number of hydrogen-bond donors (Lipinski definition) is 1. The second kappa shape index (κ2) is 4.63. The maximum atomic E-state index is 12.2. The zero-order valence-electron chi connectivity index (χ0n) is 10.9. The highest BCUT2D eigenvalue weighted by Gasteiger charge is 2.47. The summed E-state index contributed by atoms with van der Waals surface area (Å²) in [4.78, 5) is 38.2. The van der Waals surface area contributed by atoms with Crippen LogP contribution in [0.5, 0.6) is 0 Å². The first-order chi connectivity index (χ1) is 9.58. The highest BCUT2D eigenvalue weighted by atomic mass is 16.2. The Balaban J connectivity index is 1.76. The van der Waals surface area contributed by atoms with Crippen LogP contribution in [-0.2, 0) is 11.3 Å². The van der Waals surface area contributed by atoms with Crippen molar-refractivity contribution in [3.05, 3.63) is 35.4 Å². The van der Waals surface area contributed by atoms with E-state index in [1.54, 1.807) is 29.2 Å². The van der Waals surface area contributed by atoms with Gasteiger partial charge < -0.3 is 10.6 Å². The number of carbonyl (C=O) groups is 3. The largest absolute Gasteiger partial charge is 0.366 e. The smallest absolute Gasteiger partial charge is 0.327 e. The molecule has 1 aromatic rings. The SMILES string of the molecule is NC(=O)c1ccc(CN2C(=O)C3CCCN3C2=O)cc1. The number of amides is 4. The van der Waals surface area contributed by atoms with Gasteiger partial charge in [0.05, 0.1) is 6.54 Å². The zero-order chi connectivity index (χ0) is 14.3. The van der Waals surface area contributed by atoms with Crippen LogP contribution in [0.15, 0.2) is 24.3 Å². The van der Waals surface area contributed by atoms with Gasteiger partial charge in [-0.3, -0.25) is 14.5 Å². The fourth-order valence-corrected chi connectivity index (χ4v) is 2.78. The Labute approximate surface area is 116 Å². The normalized spacial score (nSPS) is 21.5. The number of fused-ring (bicyclic) bond motifs is 1. The van der Waals surface area contributed by atoms with Crippen molar-refractivity contribution in [3.63, 3.8) is 0 Å². The van der Waals surface area contributed by atoms with E-state index in [0.29, 0.717) is 12.1 Å². The lowest BCUT2D eigenvalue weighted by Gasteiger charge is -2.15. The van der Waals surface area contributed by atoms with Crippen LogP contribution < -0.4 is 5.73 Å². The molecule has 1 aromatic carbocycles. The van der Waals surface area contributed by atoms with E-state index in [1.165, 1.54) is 4.90 Å². The molecule has 2 fully saturated rings. The molecule has 2 aliphatic rings. The first-order valence-corrected chi connectivity index (χ1v) is 6.58. The van der Waals surface area contributed by atoms with Crippen LogP contribution >= 0.6 is 0 Å². The van der Waals surface area contributed by atoms with Gasteiger partial charge in [-0.2, -0.15) is 0 Å². The van der Waals surface area contributed by atoms with Gasteiger partial charge >= 0.3 is 6.03 Å². The van der Waals surface area contributed by atoms with Crippen molar-refractivity contribution in [1.82, 2.24) is 9.80 Å². The number of nitrogens with zero attached hydrogens (tertiary/aromatic N) is 2. The van der Waals surface area contributed by atoms with Gasteiger partial charge in [0, 0.05) is 12.1 Å². The van der Waals surface area contributed by atoms with E-state index in [-0.39, 0.29) is 24.5 Å². The van der Waals surface area contributed by atoms with Gasteiger partial charge in [-0.15, -0.1) is 0 Å². The summed E-state index contributed by atoms with van der Waals surface area (Å²) in [5.74, 6) is -0.614. The number of carbonyl (C=O) groups excluding carboxylic acids is 3. The lowest BCUT2D eigenvalue weighted by atomic mass is 10.1. The standard InChI is InChI=1S/C14H15N3O3/c15-12(18)10-5-3-9(4-6-10)8-17-13(19)11-2-1-7-16(11)14(17)20/h3-6,11H,1-2,7-8H2,(H2,15,18). The maximum absolute atomic E-state index is 12.2. The number of nitrogens with two attached hydrogens (primary N) is 1. The number of rotatable bonds is 3. The molecule has 3 rings (SSSR count). The van der Waals surface area contributed by atoms with Gasteiger partial charge in [0.15, 0.2) is 0 Å². The van der Waals surface area contributed by atoms with Crippen molar-refractivity contribution in [3.8, 4) is 0 Å². The van der Waals surface area contributed by atoms with Crippen LogP contribution in [0.4, 0.5) is 4.79 Å². The van der Waals surface area contributed by atoms with Crippen molar-refractivity contribution in [2.24, 2.45) is 5.73 Å². The van der Waals surface area contributed by atoms with Gasteiger partial charge in [-0.1, -0.05) is 12.1 Å². The molecular formula is C14H15N3O3. The van der Waals surface area contributed by atoms with Crippen LogP contribution in [0.2, 0.25) is 0 Å². The summed E-state index contributed by atoms with van der Waals surface area (Å²) in [5.41, 5.74) is 6.38. The van der Waals surface area contributed by atoms with Crippen molar-refractivity contribution in [1.29, 1.82) is 0 Å². The van der Waals surface area contributed by atoms with Gasteiger partial charge in [0.1, 0.15) is 6.04 Å². The third-order valence-electron chi connectivity index (χ3n) is 3.86. The second-order valence-corrected chi connectivity index (χ2v) is 5.12. The van der Waals surface area contributed by atoms with E-state index in [4.69, 9.17) is 5.73 Å². The van der Waals surface area contributed by atoms with Crippen molar-refractivity contribution >= 4 is 17.8 Å². The summed E-state index contributed by atoms with van der Waals surface area (Å²) in [6, 6.07) is 6.14. The molecule has 0 spiro atoms. The highest BCUT2D eigenvalue weighted by molar-refractivity contribution is 6.04. The predicted molar refractivity (Wildman–Crippen MR) is 70.6 cm³/mol. The van der Waals surface area contributed by atoms with Crippen molar-refractivity contribution in [2.75, 3.05) is 6.54 Å². The monoisotopic (exact) mass is 273 g/mol. The Bertz CT molecular complexity index is 560. The first-order valence-electron chi connectivity index (χ1n) is 6.58. The van der Waals surface area contributed by atoms with Gasteiger partial charge in [0.2, 0.25) is 5.91 Å². The maximum Gasteiger partial charge on any atom is 0.327 e. The molecule has 0 aliphatic carbocycles. The summed E-state index contributed by atoms with van der Waals surface area (Å²) in [5, 5.41) is 0. The molecule has 6 nitrogen and oxygen atoms in total. The van der Waals surface area contributed by atoms with E-state index >= 15 is 0 Å². The van der Waals surface area contributed by atoms with Crippen LogP contribution in [0.25, 0.3) is 0 Å². The molecule has 0 saturated carbocycles. The molecule has 2 aliphatic heterocycles. The Morgan fingerprint density at radius 2 is 1.95 bits per heavy atom. The highest BCUT2D eigenvalue weighted by Crippen LogP contribution is 2.28. The van der Waals surface area contributed by atoms with Crippen LogP contribution in [0.3, 0.4) is 0 Å². The van der Waals surface area contributed by atoms with Crippen LogP contribution in [-0.4, -0.2) is 40.2 Å². The molecule has 104 valence electrons. The third kappa shape index (κ3) is 1.93. The molecule has 20 heavy (non-hydrogen) atoms. The number of benzene rings is 1. The van der Waals surface area contributed by atoms with E-state index in [1.807, 2.05) is 0 Å². The summed E-state index contributed by atoms with van der Waals surface area (Å²) in [6.07, 6.45) is 1.64. The minimum Gasteiger partial charge on any atom is -0.366 e. The Morgan fingerprint density at radius 3 is 2.55 bits per heavy atom. The average molecular weight is 273 g/mol. The van der Waals surface area contributed by atoms with E-state index in [9.17, 15) is 14.4 Å². The lowest BCUT2D eigenvalue weighted by molar-refractivity contribution is -0.128. The van der Waals surface area contributed by atoms with E-state index in [2.05, 4.69) is 0 Å². The average Bonchev–Trinajstić information content (AvgIpc) is 2.99. The molecule has 4 amide bonds.